The molecule has 2 aliphatic rings. The lowest BCUT2D eigenvalue weighted by molar-refractivity contribution is -0.0253. The van der Waals surface area contributed by atoms with Crippen LogP contribution in [0.25, 0.3) is 0 Å². The lowest BCUT2D eigenvalue weighted by Crippen LogP contribution is -2.38. The molecule has 18 heavy (non-hydrogen) atoms. The van der Waals surface area contributed by atoms with Crippen LogP contribution in [-0.2, 0) is 17.8 Å². The number of fused-ring (bicyclic) bond motifs is 5. The Morgan fingerprint density at radius 3 is 3.17 bits per heavy atom. The predicted molar refractivity (Wildman–Crippen MR) is 66.2 cm³/mol. The number of benzene rings is 1. The summed E-state index contributed by atoms with van der Waals surface area (Å²) in [7, 11) is 0. The highest BCUT2D eigenvalue weighted by Gasteiger charge is 2.37. The molecule has 92 valence electrons. The van der Waals surface area contributed by atoms with Crippen molar-refractivity contribution in [2.75, 3.05) is 0 Å². The minimum atomic E-state index is 0.208. The summed E-state index contributed by atoms with van der Waals surface area (Å²) in [6.45, 7) is 2.64. The van der Waals surface area contributed by atoms with Gasteiger partial charge in [-0.1, -0.05) is 29.5 Å². The molecule has 2 heterocycles. The van der Waals surface area contributed by atoms with Crippen molar-refractivity contribution in [3.8, 4) is 0 Å². The fourth-order valence-electron chi connectivity index (χ4n) is 3.14. The summed E-state index contributed by atoms with van der Waals surface area (Å²) in [5, 5.41) is 8.52. The van der Waals surface area contributed by atoms with Gasteiger partial charge in [0.15, 0.2) is 0 Å². The molecule has 0 spiro atoms. The third kappa shape index (κ3) is 1.29. The van der Waals surface area contributed by atoms with Crippen molar-refractivity contribution in [2.45, 2.75) is 38.5 Å². The van der Waals surface area contributed by atoms with Crippen molar-refractivity contribution in [1.29, 1.82) is 0 Å². The maximum absolute atomic E-state index is 6.00. The van der Waals surface area contributed by atoms with Gasteiger partial charge in [0.05, 0.1) is 24.1 Å². The van der Waals surface area contributed by atoms with E-state index in [0.29, 0.717) is 6.61 Å². The minimum Gasteiger partial charge on any atom is -0.369 e. The second-order valence-electron chi connectivity index (χ2n) is 5.10. The Hall–Kier alpha value is -1.68. The molecule has 1 aromatic heterocycles. The largest absolute Gasteiger partial charge is 0.369 e. The molecule has 0 N–H and O–H groups in total. The van der Waals surface area contributed by atoms with Crippen LogP contribution in [0.2, 0.25) is 0 Å². The fraction of sp³-hybridized carbons (Fsp3) is 0.429. The molecule has 4 heteroatoms. The summed E-state index contributed by atoms with van der Waals surface area (Å²) in [5.74, 6) is 0. The third-order valence-corrected chi connectivity index (χ3v) is 4.11. The van der Waals surface area contributed by atoms with Gasteiger partial charge in [0.25, 0.3) is 0 Å². The Kier molecular flexibility index (Phi) is 2.08. The van der Waals surface area contributed by atoms with E-state index in [-0.39, 0.29) is 12.1 Å². The fourth-order valence-corrected chi connectivity index (χ4v) is 3.14. The van der Waals surface area contributed by atoms with Crippen molar-refractivity contribution in [1.82, 2.24) is 15.0 Å². The zero-order valence-electron chi connectivity index (χ0n) is 10.3. The van der Waals surface area contributed by atoms with E-state index in [9.17, 15) is 0 Å². The number of rotatable bonds is 0. The number of ether oxygens (including phenoxy) is 1. The normalized spacial score (nSPS) is 25.2. The summed E-state index contributed by atoms with van der Waals surface area (Å²) >= 11 is 0. The molecule has 2 aromatic rings. The van der Waals surface area contributed by atoms with Crippen LogP contribution in [0.3, 0.4) is 0 Å². The number of nitrogens with zero attached hydrogens (tertiary/aromatic N) is 3. The van der Waals surface area contributed by atoms with Gasteiger partial charge in [0, 0.05) is 0 Å². The van der Waals surface area contributed by atoms with Gasteiger partial charge in [-0.05, 0) is 30.9 Å². The maximum Gasteiger partial charge on any atom is 0.105 e. The Morgan fingerprint density at radius 1 is 1.33 bits per heavy atom. The van der Waals surface area contributed by atoms with Crippen LogP contribution in [0, 0.1) is 6.92 Å². The van der Waals surface area contributed by atoms with Gasteiger partial charge >= 0.3 is 0 Å². The van der Waals surface area contributed by atoms with Crippen LogP contribution >= 0.6 is 0 Å². The SMILES string of the molecule is Cc1nnn2c1CO[C@@H]1CCc3ccccc3[C@H]12. The molecular weight excluding hydrogens is 226 g/mol. The predicted octanol–water partition coefficient (Wildman–Crippen LogP) is 2.02. The summed E-state index contributed by atoms with van der Waals surface area (Å²) in [6, 6.07) is 8.82. The van der Waals surface area contributed by atoms with Crippen molar-refractivity contribution in [2.24, 2.45) is 0 Å². The van der Waals surface area contributed by atoms with Crippen molar-refractivity contribution in [3.63, 3.8) is 0 Å². The number of hydrogen-bond acceptors (Lipinski definition) is 3. The van der Waals surface area contributed by atoms with Crippen LogP contribution in [-0.4, -0.2) is 21.1 Å². The van der Waals surface area contributed by atoms with Gasteiger partial charge in [0.1, 0.15) is 6.04 Å². The highest BCUT2D eigenvalue weighted by atomic mass is 16.5. The van der Waals surface area contributed by atoms with Gasteiger partial charge < -0.3 is 4.74 Å². The maximum atomic E-state index is 6.00. The summed E-state index contributed by atoms with van der Waals surface area (Å²) in [5.41, 5.74) is 4.87. The Balaban J connectivity index is 1.91. The molecule has 0 fully saturated rings. The van der Waals surface area contributed by atoms with Gasteiger partial charge in [-0.15, -0.1) is 5.10 Å². The van der Waals surface area contributed by atoms with Crippen LogP contribution in [0.1, 0.15) is 35.0 Å². The molecule has 1 aromatic carbocycles. The second-order valence-corrected chi connectivity index (χ2v) is 5.10. The number of aromatic nitrogens is 3. The zero-order chi connectivity index (χ0) is 12.1. The topological polar surface area (TPSA) is 39.9 Å². The third-order valence-electron chi connectivity index (χ3n) is 4.11. The molecule has 4 rings (SSSR count). The molecule has 1 aliphatic carbocycles. The zero-order valence-corrected chi connectivity index (χ0v) is 10.3. The average Bonchev–Trinajstić information content (AvgIpc) is 2.80. The summed E-state index contributed by atoms with van der Waals surface area (Å²) < 4.78 is 8.07. The quantitative estimate of drug-likeness (QED) is 0.708. The molecule has 0 amide bonds. The molecule has 0 saturated heterocycles. The van der Waals surface area contributed by atoms with Crippen LogP contribution in [0.4, 0.5) is 0 Å². The molecule has 0 unspecified atom stereocenters. The van der Waals surface area contributed by atoms with Gasteiger partial charge in [0.2, 0.25) is 0 Å². The highest BCUT2D eigenvalue weighted by Crippen LogP contribution is 2.38. The average molecular weight is 241 g/mol. The molecule has 1 aliphatic heterocycles. The van der Waals surface area contributed by atoms with E-state index in [1.807, 2.05) is 6.92 Å². The molecular formula is C14H15N3O. The number of aryl methyl sites for hydroxylation is 2. The van der Waals surface area contributed by atoms with E-state index in [1.54, 1.807) is 0 Å². The van der Waals surface area contributed by atoms with E-state index in [1.165, 1.54) is 11.1 Å². The van der Waals surface area contributed by atoms with Gasteiger partial charge in [-0.2, -0.15) is 0 Å². The molecule has 4 nitrogen and oxygen atoms in total. The highest BCUT2D eigenvalue weighted by molar-refractivity contribution is 5.35. The van der Waals surface area contributed by atoms with Crippen molar-refractivity contribution < 1.29 is 4.74 Å². The van der Waals surface area contributed by atoms with E-state index >= 15 is 0 Å². The first kappa shape index (κ1) is 10.3. The van der Waals surface area contributed by atoms with E-state index < -0.39 is 0 Å². The first-order chi connectivity index (χ1) is 8.84. The smallest absolute Gasteiger partial charge is 0.105 e. The monoisotopic (exact) mass is 241 g/mol. The van der Waals surface area contributed by atoms with Gasteiger partial charge in [-0.3, -0.25) is 0 Å². The minimum absolute atomic E-state index is 0.208. The summed E-state index contributed by atoms with van der Waals surface area (Å²) in [4.78, 5) is 0. The lowest BCUT2D eigenvalue weighted by atomic mass is 9.85. The van der Waals surface area contributed by atoms with Crippen molar-refractivity contribution in [3.05, 3.63) is 46.8 Å². The van der Waals surface area contributed by atoms with E-state index in [2.05, 4.69) is 39.3 Å². The van der Waals surface area contributed by atoms with E-state index in [4.69, 9.17) is 4.74 Å². The Labute approximate surface area is 106 Å². The summed E-state index contributed by atoms with van der Waals surface area (Å²) in [6.07, 6.45) is 2.41. The number of hydrogen-bond donors (Lipinski definition) is 0. The molecule has 2 atom stereocenters. The Bertz CT molecular complexity index is 605. The van der Waals surface area contributed by atoms with Gasteiger partial charge in [-0.25, -0.2) is 4.68 Å². The Morgan fingerprint density at radius 2 is 2.22 bits per heavy atom. The first-order valence-electron chi connectivity index (χ1n) is 6.44. The van der Waals surface area contributed by atoms with E-state index in [0.717, 1.165) is 24.2 Å². The van der Waals surface area contributed by atoms with Crippen molar-refractivity contribution >= 4 is 0 Å². The standard InChI is InChI=1S/C14H15N3O/c1-9-12-8-18-13-7-6-10-4-2-3-5-11(10)14(13)17(12)16-15-9/h2-5,13-14H,6-8H2,1H3/t13-,14-/m1/s1. The first-order valence-corrected chi connectivity index (χ1v) is 6.44. The second kappa shape index (κ2) is 3.65. The lowest BCUT2D eigenvalue weighted by Gasteiger charge is -2.37. The van der Waals surface area contributed by atoms with Crippen LogP contribution in [0.5, 0.6) is 0 Å². The molecule has 0 radical (unpaired) electrons. The van der Waals surface area contributed by atoms with Crippen LogP contribution < -0.4 is 0 Å². The molecule has 0 saturated carbocycles. The molecule has 0 bridgehead atoms. The van der Waals surface area contributed by atoms with Crippen LogP contribution in [0.15, 0.2) is 24.3 Å².